The number of likely N-dealkylation sites (N-methyl/N-ethyl adjacent to an activating group) is 1. The SMILES string of the molecule is CNC(=O)C1Cc2ccccc2CN1C(=O)c1ccc(Br)cc1. The minimum absolute atomic E-state index is 0.124. The predicted octanol–water partition coefficient (Wildman–Crippen LogP) is 2.76. The van der Waals surface area contributed by atoms with Gasteiger partial charge in [-0.15, -0.1) is 0 Å². The molecule has 0 saturated heterocycles. The van der Waals surface area contributed by atoms with Crippen molar-refractivity contribution in [1.29, 1.82) is 0 Å². The summed E-state index contributed by atoms with van der Waals surface area (Å²) in [5.74, 6) is -0.259. The van der Waals surface area contributed by atoms with Gasteiger partial charge in [-0.1, -0.05) is 40.2 Å². The first-order chi connectivity index (χ1) is 11.1. The van der Waals surface area contributed by atoms with Crippen LogP contribution in [0.3, 0.4) is 0 Å². The molecule has 0 aromatic heterocycles. The number of hydrogen-bond acceptors (Lipinski definition) is 2. The average Bonchev–Trinajstić information content (AvgIpc) is 2.60. The number of nitrogens with zero attached hydrogens (tertiary/aromatic N) is 1. The molecule has 3 rings (SSSR count). The van der Waals surface area contributed by atoms with Crippen molar-refractivity contribution in [2.24, 2.45) is 0 Å². The molecule has 1 aliphatic rings. The van der Waals surface area contributed by atoms with Crippen LogP contribution in [0.1, 0.15) is 21.5 Å². The summed E-state index contributed by atoms with van der Waals surface area (Å²) in [7, 11) is 1.60. The molecule has 2 aromatic rings. The first-order valence-electron chi connectivity index (χ1n) is 7.45. The van der Waals surface area contributed by atoms with E-state index in [1.54, 1.807) is 24.1 Å². The van der Waals surface area contributed by atoms with Gasteiger partial charge in [0.05, 0.1) is 0 Å². The number of halogens is 1. The minimum atomic E-state index is -0.481. The van der Waals surface area contributed by atoms with Crippen LogP contribution in [0.25, 0.3) is 0 Å². The number of fused-ring (bicyclic) bond motifs is 1. The van der Waals surface area contributed by atoms with E-state index in [1.807, 2.05) is 36.4 Å². The van der Waals surface area contributed by atoms with Gasteiger partial charge in [0, 0.05) is 30.0 Å². The lowest BCUT2D eigenvalue weighted by Gasteiger charge is -2.35. The Morgan fingerprint density at radius 3 is 2.39 bits per heavy atom. The third-order valence-corrected chi connectivity index (χ3v) is 4.68. The van der Waals surface area contributed by atoms with Crippen molar-refractivity contribution in [3.05, 3.63) is 69.7 Å². The van der Waals surface area contributed by atoms with Crippen molar-refractivity contribution in [3.8, 4) is 0 Å². The highest BCUT2D eigenvalue weighted by atomic mass is 79.9. The Bertz CT molecular complexity index is 743. The van der Waals surface area contributed by atoms with Gasteiger partial charge in [-0.05, 0) is 35.4 Å². The predicted molar refractivity (Wildman–Crippen MR) is 92.0 cm³/mol. The van der Waals surface area contributed by atoms with E-state index < -0.39 is 6.04 Å². The Labute approximate surface area is 143 Å². The molecule has 0 bridgehead atoms. The van der Waals surface area contributed by atoms with Crippen LogP contribution in [0, 0.1) is 0 Å². The molecule has 5 heteroatoms. The maximum absolute atomic E-state index is 12.9. The van der Waals surface area contributed by atoms with Gasteiger partial charge < -0.3 is 10.2 Å². The van der Waals surface area contributed by atoms with Crippen molar-refractivity contribution in [2.45, 2.75) is 19.0 Å². The van der Waals surface area contributed by atoms with Crippen LogP contribution < -0.4 is 5.32 Å². The number of nitrogens with one attached hydrogen (secondary N) is 1. The fraction of sp³-hybridized carbons (Fsp3) is 0.222. The van der Waals surface area contributed by atoms with E-state index in [4.69, 9.17) is 0 Å². The second kappa shape index (κ2) is 6.54. The zero-order valence-electron chi connectivity index (χ0n) is 12.8. The summed E-state index contributed by atoms with van der Waals surface area (Å²) in [4.78, 5) is 26.8. The Morgan fingerprint density at radius 1 is 1.09 bits per heavy atom. The summed E-state index contributed by atoms with van der Waals surface area (Å²) >= 11 is 3.37. The Balaban J connectivity index is 1.95. The van der Waals surface area contributed by atoms with E-state index in [0.717, 1.165) is 15.6 Å². The van der Waals surface area contributed by atoms with Gasteiger partial charge in [0.15, 0.2) is 0 Å². The molecule has 0 aliphatic carbocycles. The highest BCUT2D eigenvalue weighted by Gasteiger charge is 2.34. The van der Waals surface area contributed by atoms with Crippen LogP contribution in [0.15, 0.2) is 53.0 Å². The average molecular weight is 373 g/mol. The van der Waals surface area contributed by atoms with Gasteiger partial charge in [-0.3, -0.25) is 9.59 Å². The van der Waals surface area contributed by atoms with Crippen molar-refractivity contribution in [3.63, 3.8) is 0 Å². The summed E-state index contributed by atoms with van der Waals surface area (Å²) in [6, 6.07) is 14.7. The van der Waals surface area contributed by atoms with Crippen LogP contribution in [0.2, 0.25) is 0 Å². The Hall–Kier alpha value is -2.14. The first kappa shape index (κ1) is 15.7. The smallest absolute Gasteiger partial charge is 0.254 e. The topological polar surface area (TPSA) is 49.4 Å². The highest BCUT2D eigenvalue weighted by Crippen LogP contribution is 2.25. The zero-order chi connectivity index (χ0) is 16.4. The molecule has 2 amide bonds. The van der Waals surface area contributed by atoms with Crippen molar-refractivity contribution in [2.75, 3.05) is 7.05 Å². The van der Waals surface area contributed by atoms with E-state index in [0.29, 0.717) is 18.5 Å². The lowest BCUT2D eigenvalue weighted by Crippen LogP contribution is -2.51. The molecule has 118 valence electrons. The van der Waals surface area contributed by atoms with Crippen LogP contribution >= 0.6 is 15.9 Å². The molecule has 0 fully saturated rings. The van der Waals surface area contributed by atoms with E-state index in [2.05, 4.69) is 21.2 Å². The zero-order valence-corrected chi connectivity index (χ0v) is 14.3. The van der Waals surface area contributed by atoms with Gasteiger partial charge in [0.1, 0.15) is 6.04 Å². The molecular weight excluding hydrogens is 356 g/mol. The first-order valence-corrected chi connectivity index (χ1v) is 8.24. The van der Waals surface area contributed by atoms with Crippen molar-refractivity contribution < 1.29 is 9.59 Å². The molecular formula is C18H17BrN2O2. The third kappa shape index (κ3) is 3.15. The summed E-state index contributed by atoms with van der Waals surface area (Å²) in [6.45, 7) is 0.448. The number of carbonyl (C=O) groups is 2. The van der Waals surface area contributed by atoms with Gasteiger partial charge in [0.25, 0.3) is 5.91 Å². The molecule has 0 radical (unpaired) electrons. The van der Waals surface area contributed by atoms with Crippen LogP contribution in [-0.4, -0.2) is 29.8 Å². The fourth-order valence-electron chi connectivity index (χ4n) is 2.90. The molecule has 1 unspecified atom stereocenters. The number of amides is 2. The molecule has 2 aromatic carbocycles. The molecule has 1 aliphatic heterocycles. The molecule has 1 heterocycles. The molecule has 1 atom stereocenters. The van der Waals surface area contributed by atoms with Gasteiger partial charge >= 0.3 is 0 Å². The van der Waals surface area contributed by atoms with Crippen LogP contribution in [0.5, 0.6) is 0 Å². The number of rotatable bonds is 2. The Morgan fingerprint density at radius 2 is 1.74 bits per heavy atom. The summed E-state index contributed by atoms with van der Waals surface area (Å²) in [5.41, 5.74) is 2.81. The van der Waals surface area contributed by atoms with E-state index >= 15 is 0 Å². The van der Waals surface area contributed by atoms with Gasteiger partial charge in [-0.25, -0.2) is 0 Å². The fourth-order valence-corrected chi connectivity index (χ4v) is 3.16. The normalized spacial score (nSPS) is 16.6. The maximum Gasteiger partial charge on any atom is 0.254 e. The number of benzene rings is 2. The van der Waals surface area contributed by atoms with Gasteiger partial charge in [-0.2, -0.15) is 0 Å². The van der Waals surface area contributed by atoms with E-state index in [1.165, 1.54) is 0 Å². The lowest BCUT2D eigenvalue weighted by molar-refractivity contribution is -0.125. The molecule has 0 saturated carbocycles. The van der Waals surface area contributed by atoms with E-state index in [9.17, 15) is 9.59 Å². The van der Waals surface area contributed by atoms with Crippen molar-refractivity contribution >= 4 is 27.7 Å². The van der Waals surface area contributed by atoms with Crippen molar-refractivity contribution in [1.82, 2.24) is 10.2 Å². The third-order valence-electron chi connectivity index (χ3n) is 4.15. The van der Waals surface area contributed by atoms with Crippen LogP contribution in [0.4, 0.5) is 0 Å². The minimum Gasteiger partial charge on any atom is -0.357 e. The summed E-state index contributed by atoms with van der Waals surface area (Å²) in [5, 5.41) is 2.67. The second-order valence-corrected chi connectivity index (χ2v) is 6.46. The lowest BCUT2D eigenvalue weighted by atomic mass is 9.93. The standard InChI is InChI=1S/C18H17BrN2O2/c1-20-17(22)16-10-13-4-2-3-5-14(13)11-21(16)18(23)12-6-8-15(19)9-7-12/h2-9,16H,10-11H2,1H3,(H,20,22). The second-order valence-electron chi connectivity index (χ2n) is 5.54. The molecule has 4 nitrogen and oxygen atoms in total. The monoisotopic (exact) mass is 372 g/mol. The van der Waals surface area contributed by atoms with E-state index in [-0.39, 0.29) is 11.8 Å². The molecule has 0 spiro atoms. The Kier molecular flexibility index (Phi) is 4.48. The largest absolute Gasteiger partial charge is 0.357 e. The molecule has 23 heavy (non-hydrogen) atoms. The number of carbonyl (C=O) groups excluding carboxylic acids is 2. The van der Waals surface area contributed by atoms with Gasteiger partial charge in [0.2, 0.25) is 5.91 Å². The summed E-state index contributed by atoms with van der Waals surface area (Å²) in [6.07, 6.45) is 0.540. The summed E-state index contributed by atoms with van der Waals surface area (Å²) < 4.78 is 0.917. The number of hydrogen-bond donors (Lipinski definition) is 1. The maximum atomic E-state index is 12.9. The van der Waals surface area contributed by atoms with Crippen LogP contribution in [-0.2, 0) is 17.8 Å². The molecule has 1 N–H and O–H groups in total. The highest BCUT2D eigenvalue weighted by molar-refractivity contribution is 9.10. The quantitative estimate of drug-likeness (QED) is 0.880.